The topological polar surface area (TPSA) is 49.9 Å². The molecular weight excluding hydrogens is 354 g/mol. The third-order valence-electron chi connectivity index (χ3n) is 3.49. The van der Waals surface area contributed by atoms with E-state index in [1.807, 2.05) is 35.7 Å². The van der Waals surface area contributed by atoms with E-state index < -0.39 is 0 Å². The summed E-state index contributed by atoms with van der Waals surface area (Å²) in [7, 11) is 0. The zero-order chi connectivity index (χ0) is 17.6. The lowest BCUT2D eigenvalue weighted by molar-refractivity contribution is 0.475. The van der Waals surface area contributed by atoms with Crippen LogP contribution in [0.4, 0.5) is 0 Å². The summed E-state index contributed by atoms with van der Waals surface area (Å²) in [6.07, 6.45) is 3.48. The van der Waals surface area contributed by atoms with Crippen LogP contribution in [0.5, 0.6) is 5.75 Å². The smallest absolute Gasteiger partial charge is 0.211 e. The van der Waals surface area contributed by atoms with E-state index in [4.69, 9.17) is 11.6 Å². The molecule has 0 aliphatic carbocycles. The number of phenolic OH excluding ortho intramolecular Hbond substituents is 1. The molecule has 3 aromatic rings. The van der Waals surface area contributed by atoms with Crippen molar-refractivity contribution in [2.75, 3.05) is 0 Å². The van der Waals surface area contributed by atoms with Gasteiger partial charge in [-0.3, -0.25) is 0 Å². The van der Waals surface area contributed by atoms with Gasteiger partial charge < -0.3 is 9.67 Å². The Bertz CT molecular complexity index is 954. The number of nitrogens with zero attached hydrogens (tertiary/aromatic N) is 3. The molecule has 25 heavy (non-hydrogen) atoms. The molecule has 1 heterocycles. The Morgan fingerprint density at radius 1 is 1.12 bits per heavy atom. The van der Waals surface area contributed by atoms with Crippen molar-refractivity contribution in [2.45, 2.75) is 6.54 Å². The number of benzene rings is 2. The molecule has 4 nitrogen and oxygen atoms in total. The maximum Gasteiger partial charge on any atom is 0.211 e. The summed E-state index contributed by atoms with van der Waals surface area (Å²) in [5.41, 5.74) is 2.97. The monoisotopic (exact) mass is 369 g/mol. The molecule has 0 saturated heterocycles. The zero-order valence-corrected chi connectivity index (χ0v) is 14.9. The number of hydrogen-bond donors (Lipinski definition) is 1. The fourth-order valence-corrected chi connectivity index (χ4v) is 3.27. The highest BCUT2D eigenvalue weighted by Crippen LogP contribution is 2.22. The second-order valence-corrected chi connectivity index (χ2v) is 6.52. The van der Waals surface area contributed by atoms with Crippen LogP contribution in [0.2, 0.25) is 5.02 Å². The van der Waals surface area contributed by atoms with E-state index in [1.54, 1.807) is 30.5 Å². The molecule has 0 aliphatic heterocycles. The molecule has 1 N–H and O–H groups in total. The van der Waals surface area contributed by atoms with Crippen molar-refractivity contribution in [3.63, 3.8) is 0 Å². The lowest BCUT2D eigenvalue weighted by Crippen LogP contribution is -2.14. The van der Waals surface area contributed by atoms with E-state index >= 15 is 0 Å². The fraction of sp³-hybridized carbons (Fsp3) is 0.0526. The van der Waals surface area contributed by atoms with Gasteiger partial charge >= 0.3 is 0 Å². The van der Waals surface area contributed by atoms with E-state index in [0.29, 0.717) is 11.6 Å². The van der Waals surface area contributed by atoms with Gasteiger partial charge in [0, 0.05) is 16.9 Å². The second kappa shape index (κ2) is 7.96. The van der Waals surface area contributed by atoms with Crippen molar-refractivity contribution in [3.05, 3.63) is 82.0 Å². The maximum absolute atomic E-state index is 9.30. The Morgan fingerprint density at radius 3 is 2.52 bits per heavy atom. The van der Waals surface area contributed by atoms with Crippen LogP contribution in [0.1, 0.15) is 5.56 Å². The largest absolute Gasteiger partial charge is 0.508 e. The van der Waals surface area contributed by atoms with Gasteiger partial charge in [0.15, 0.2) is 0 Å². The summed E-state index contributed by atoms with van der Waals surface area (Å²) in [5, 5.41) is 20.5. The van der Waals surface area contributed by atoms with Crippen molar-refractivity contribution in [3.8, 4) is 17.0 Å². The summed E-state index contributed by atoms with van der Waals surface area (Å²) < 4.78 is 2.05. The lowest BCUT2D eigenvalue weighted by atomic mass is 10.2. The highest BCUT2D eigenvalue weighted by Gasteiger charge is 2.06. The number of aromatic hydroxyl groups is 1. The highest BCUT2D eigenvalue weighted by atomic mass is 35.5. The quantitative estimate of drug-likeness (QED) is 0.395. The van der Waals surface area contributed by atoms with Crippen molar-refractivity contribution in [1.82, 2.24) is 4.57 Å². The van der Waals surface area contributed by atoms with Crippen LogP contribution in [0, 0.1) is 0 Å². The predicted molar refractivity (Wildman–Crippen MR) is 104 cm³/mol. The van der Waals surface area contributed by atoms with Crippen LogP contribution in [0.3, 0.4) is 0 Å². The summed E-state index contributed by atoms with van der Waals surface area (Å²) in [4.78, 5) is 0.778. The Kier molecular flexibility index (Phi) is 5.48. The van der Waals surface area contributed by atoms with Crippen LogP contribution < -0.4 is 4.80 Å². The number of allylic oxidation sites excluding steroid dienone is 1. The average Bonchev–Trinajstić information content (AvgIpc) is 3.01. The molecule has 3 rings (SSSR count). The van der Waals surface area contributed by atoms with Gasteiger partial charge in [0.1, 0.15) is 5.75 Å². The van der Waals surface area contributed by atoms with Crippen molar-refractivity contribution < 1.29 is 5.11 Å². The summed E-state index contributed by atoms with van der Waals surface area (Å²) in [6.45, 7) is 4.45. The number of halogens is 1. The highest BCUT2D eigenvalue weighted by molar-refractivity contribution is 7.07. The molecular formula is C19H16ClN3OS. The molecule has 2 aromatic carbocycles. The van der Waals surface area contributed by atoms with Crippen LogP contribution in [0.15, 0.2) is 76.8 Å². The summed E-state index contributed by atoms with van der Waals surface area (Å²) in [6, 6.07) is 14.5. The molecule has 0 atom stereocenters. The third kappa shape index (κ3) is 4.26. The van der Waals surface area contributed by atoms with Crippen LogP contribution in [-0.2, 0) is 6.54 Å². The molecule has 0 amide bonds. The van der Waals surface area contributed by atoms with Gasteiger partial charge in [-0.2, -0.15) is 5.10 Å². The van der Waals surface area contributed by atoms with Crippen molar-refractivity contribution >= 4 is 29.2 Å². The van der Waals surface area contributed by atoms with E-state index in [-0.39, 0.29) is 5.75 Å². The molecule has 126 valence electrons. The molecule has 0 aliphatic rings. The van der Waals surface area contributed by atoms with Crippen molar-refractivity contribution in [2.24, 2.45) is 10.2 Å². The summed E-state index contributed by atoms with van der Waals surface area (Å²) >= 11 is 7.48. The average molecular weight is 370 g/mol. The zero-order valence-electron chi connectivity index (χ0n) is 13.3. The number of aromatic nitrogens is 1. The minimum absolute atomic E-state index is 0.226. The van der Waals surface area contributed by atoms with Gasteiger partial charge in [0.2, 0.25) is 4.80 Å². The maximum atomic E-state index is 9.30. The van der Waals surface area contributed by atoms with E-state index in [9.17, 15) is 5.11 Å². The Balaban J connectivity index is 1.94. The van der Waals surface area contributed by atoms with Gasteiger partial charge in [-0.25, -0.2) is 0 Å². The first-order valence-corrected chi connectivity index (χ1v) is 8.84. The van der Waals surface area contributed by atoms with Gasteiger partial charge in [-0.15, -0.1) is 23.0 Å². The van der Waals surface area contributed by atoms with E-state index in [2.05, 4.69) is 21.3 Å². The SMILES string of the molecule is C=CCn1c(-c2ccc(Cl)cc2)cs/c1=N\N=C/c1ccc(O)cc1. The van der Waals surface area contributed by atoms with Gasteiger partial charge in [0.05, 0.1) is 11.9 Å². The molecule has 0 saturated carbocycles. The minimum Gasteiger partial charge on any atom is -0.508 e. The first kappa shape index (κ1) is 17.2. The van der Waals surface area contributed by atoms with Crippen LogP contribution in [0.25, 0.3) is 11.3 Å². The van der Waals surface area contributed by atoms with Crippen LogP contribution in [-0.4, -0.2) is 15.9 Å². The number of rotatable bonds is 5. The molecule has 0 fully saturated rings. The lowest BCUT2D eigenvalue weighted by Gasteiger charge is -2.06. The Morgan fingerprint density at radius 2 is 1.84 bits per heavy atom. The van der Waals surface area contributed by atoms with Gasteiger partial charge in [-0.05, 0) is 47.5 Å². The molecule has 1 aromatic heterocycles. The number of phenols is 1. The molecule has 0 unspecified atom stereocenters. The van der Waals surface area contributed by atoms with E-state index in [1.165, 1.54) is 11.3 Å². The first-order valence-electron chi connectivity index (χ1n) is 7.58. The summed E-state index contributed by atoms with van der Waals surface area (Å²) in [5.74, 6) is 0.226. The first-order chi connectivity index (χ1) is 12.2. The minimum atomic E-state index is 0.226. The number of hydrogen-bond acceptors (Lipinski definition) is 4. The van der Waals surface area contributed by atoms with Crippen LogP contribution >= 0.6 is 22.9 Å². The third-order valence-corrected chi connectivity index (χ3v) is 4.60. The molecule has 0 radical (unpaired) electrons. The molecule has 6 heteroatoms. The molecule has 0 spiro atoms. The van der Waals surface area contributed by atoms with E-state index in [0.717, 1.165) is 21.6 Å². The van der Waals surface area contributed by atoms with Crippen molar-refractivity contribution in [1.29, 1.82) is 0 Å². The number of thiazole rings is 1. The molecule has 0 bridgehead atoms. The van der Waals surface area contributed by atoms with Gasteiger partial charge in [-0.1, -0.05) is 29.8 Å². The predicted octanol–water partition coefficient (Wildman–Crippen LogP) is 4.70. The Labute approximate surface area is 154 Å². The standard InChI is InChI=1S/C19H16ClN3OS/c1-2-11-23-18(15-5-7-16(20)8-6-15)13-25-19(23)22-21-12-14-3-9-17(24)10-4-14/h2-10,12-13,24H,1,11H2/b21-12-,22-19-. The Hall–Kier alpha value is -2.63. The normalized spacial score (nSPS) is 12.0. The second-order valence-electron chi connectivity index (χ2n) is 5.25. The fourth-order valence-electron chi connectivity index (χ4n) is 2.27. The van der Waals surface area contributed by atoms with Gasteiger partial charge in [0.25, 0.3) is 0 Å².